The summed E-state index contributed by atoms with van der Waals surface area (Å²) in [4.78, 5) is 30.0. The summed E-state index contributed by atoms with van der Waals surface area (Å²) in [5.74, 6) is 0.0108. The molecule has 0 spiro atoms. The van der Waals surface area contributed by atoms with Crippen LogP contribution in [0.2, 0.25) is 0 Å². The molecule has 0 radical (unpaired) electrons. The summed E-state index contributed by atoms with van der Waals surface area (Å²) in [5, 5.41) is 1.62. The number of nitrogens with one attached hydrogen (secondary N) is 1. The van der Waals surface area contributed by atoms with Crippen LogP contribution in [0.5, 0.6) is 0 Å². The Hall–Kier alpha value is -1.96. The van der Waals surface area contributed by atoms with Crippen LogP contribution in [-0.2, 0) is 14.3 Å². The lowest BCUT2D eigenvalue weighted by atomic mass is 9.86. The second-order valence-corrected chi connectivity index (χ2v) is 7.61. The summed E-state index contributed by atoms with van der Waals surface area (Å²) in [7, 11) is 0. The molecule has 3 fully saturated rings. The smallest absolute Gasteiger partial charge is 0.248 e. The van der Waals surface area contributed by atoms with Crippen molar-refractivity contribution in [3.8, 4) is 0 Å². The molecule has 1 aromatic rings. The van der Waals surface area contributed by atoms with Gasteiger partial charge in [0.2, 0.25) is 11.8 Å². The highest BCUT2D eigenvalue weighted by atomic mass is 16.5. The molecule has 3 aliphatic rings. The van der Waals surface area contributed by atoms with Crippen molar-refractivity contribution in [1.29, 1.82) is 0 Å². The summed E-state index contributed by atoms with van der Waals surface area (Å²) >= 11 is 0. The van der Waals surface area contributed by atoms with Gasteiger partial charge in [0.05, 0.1) is 24.8 Å². The molecule has 0 aromatic heterocycles. The van der Waals surface area contributed by atoms with Crippen LogP contribution in [0.4, 0.5) is 5.69 Å². The van der Waals surface area contributed by atoms with E-state index < -0.39 is 0 Å². The maximum atomic E-state index is 13.0. The molecule has 7 nitrogen and oxygen atoms in total. The minimum atomic E-state index is -0.189. The molecule has 0 bridgehead atoms. The van der Waals surface area contributed by atoms with Gasteiger partial charge in [0.1, 0.15) is 0 Å². The van der Waals surface area contributed by atoms with E-state index in [4.69, 9.17) is 4.74 Å². The lowest BCUT2D eigenvalue weighted by Gasteiger charge is -2.39. The lowest BCUT2D eigenvalue weighted by Crippen LogP contribution is -2.55. The first-order valence-corrected chi connectivity index (χ1v) is 9.90. The summed E-state index contributed by atoms with van der Waals surface area (Å²) < 4.78 is 5.38. The van der Waals surface area contributed by atoms with E-state index in [0.29, 0.717) is 13.0 Å². The van der Waals surface area contributed by atoms with Gasteiger partial charge in [0.25, 0.3) is 0 Å². The van der Waals surface area contributed by atoms with E-state index in [1.165, 1.54) is 0 Å². The van der Waals surface area contributed by atoms with Gasteiger partial charge in [0, 0.05) is 44.7 Å². The van der Waals surface area contributed by atoms with Crippen molar-refractivity contribution in [3.05, 3.63) is 30.3 Å². The number of ether oxygens (including phenoxy) is 1. The van der Waals surface area contributed by atoms with Gasteiger partial charge in [-0.05, 0) is 25.5 Å². The number of hydrogen-bond donors (Lipinski definition) is 1. The van der Waals surface area contributed by atoms with Gasteiger partial charge in [-0.1, -0.05) is 18.2 Å². The first-order chi connectivity index (χ1) is 13.1. The number of para-hydroxylation sites is 1. The van der Waals surface area contributed by atoms with Gasteiger partial charge in [-0.2, -0.15) is 0 Å². The number of likely N-dealkylation sites (tertiary alicyclic amines) is 1. The fourth-order valence-electron chi connectivity index (χ4n) is 4.47. The van der Waals surface area contributed by atoms with Crippen LogP contribution < -0.4 is 10.4 Å². The summed E-state index contributed by atoms with van der Waals surface area (Å²) in [5.41, 5.74) is 4.09. The lowest BCUT2D eigenvalue weighted by molar-refractivity contribution is -0.141. The van der Waals surface area contributed by atoms with E-state index in [0.717, 1.165) is 45.0 Å². The van der Waals surface area contributed by atoms with Crippen molar-refractivity contribution >= 4 is 17.5 Å². The molecule has 3 aliphatic heterocycles. The molecule has 27 heavy (non-hydrogen) atoms. The zero-order valence-corrected chi connectivity index (χ0v) is 15.8. The second-order valence-electron chi connectivity index (χ2n) is 7.61. The van der Waals surface area contributed by atoms with Crippen LogP contribution in [0.25, 0.3) is 0 Å². The number of nitrogens with zero attached hydrogens (tertiary/aromatic N) is 3. The summed E-state index contributed by atoms with van der Waals surface area (Å²) in [6, 6.07) is 9.38. The molecular formula is C20H28N4O3. The van der Waals surface area contributed by atoms with Gasteiger partial charge < -0.3 is 9.64 Å². The van der Waals surface area contributed by atoms with Crippen molar-refractivity contribution in [3.63, 3.8) is 0 Å². The average Bonchev–Trinajstić information content (AvgIpc) is 3.02. The van der Waals surface area contributed by atoms with E-state index in [1.807, 2.05) is 42.2 Å². The Morgan fingerprint density at radius 2 is 1.85 bits per heavy atom. The molecule has 1 aromatic carbocycles. The third kappa shape index (κ3) is 3.72. The van der Waals surface area contributed by atoms with E-state index in [9.17, 15) is 9.59 Å². The molecule has 7 heteroatoms. The number of fused-ring (bicyclic) bond motifs is 1. The highest BCUT2D eigenvalue weighted by molar-refractivity contribution is 5.99. The quantitative estimate of drug-likeness (QED) is 0.831. The molecule has 1 N–H and O–H groups in total. The number of carbonyl (C=O) groups excluding carboxylic acids is 2. The van der Waals surface area contributed by atoms with Gasteiger partial charge in [-0.15, -0.1) is 0 Å². The number of anilines is 1. The normalized spacial score (nSPS) is 29.3. The molecular weight excluding hydrogens is 344 g/mol. The molecule has 3 saturated heterocycles. The SMILES string of the molecule is CC1C2C(=O)N(c3ccccc3)NC2CC(=O)N1CCCN1CCOCC1. The Morgan fingerprint density at radius 1 is 1.11 bits per heavy atom. The van der Waals surface area contributed by atoms with Crippen LogP contribution in [0.1, 0.15) is 19.8 Å². The highest BCUT2D eigenvalue weighted by Crippen LogP contribution is 2.33. The zero-order valence-electron chi connectivity index (χ0n) is 15.8. The highest BCUT2D eigenvalue weighted by Gasteiger charge is 2.50. The topological polar surface area (TPSA) is 65.1 Å². The van der Waals surface area contributed by atoms with Crippen LogP contribution in [0.15, 0.2) is 30.3 Å². The Balaban J connectivity index is 1.39. The maximum absolute atomic E-state index is 13.0. The van der Waals surface area contributed by atoms with Crippen LogP contribution in [-0.4, -0.2) is 73.1 Å². The Labute approximate surface area is 160 Å². The standard InChI is InChI=1S/C20H28N4O3/c1-15-19-17(21-24(20(19)26)16-6-3-2-4-7-16)14-18(25)23(15)9-5-8-22-10-12-27-13-11-22/h2-4,6-7,15,17,19,21H,5,8-14H2,1H3. The Kier molecular flexibility index (Phi) is 5.43. The van der Waals surface area contributed by atoms with Gasteiger partial charge in [0.15, 0.2) is 0 Å². The molecule has 3 atom stereocenters. The van der Waals surface area contributed by atoms with Crippen LogP contribution in [0.3, 0.4) is 0 Å². The molecule has 4 rings (SSSR count). The molecule has 3 unspecified atom stereocenters. The molecule has 3 heterocycles. The number of benzene rings is 1. The predicted molar refractivity (Wildman–Crippen MR) is 102 cm³/mol. The minimum Gasteiger partial charge on any atom is -0.379 e. The number of morpholine rings is 1. The maximum Gasteiger partial charge on any atom is 0.248 e. The van der Waals surface area contributed by atoms with E-state index in [2.05, 4.69) is 10.3 Å². The van der Waals surface area contributed by atoms with E-state index in [-0.39, 0.29) is 29.8 Å². The summed E-state index contributed by atoms with van der Waals surface area (Å²) in [6.45, 7) is 7.19. The first-order valence-electron chi connectivity index (χ1n) is 9.90. The summed E-state index contributed by atoms with van der Waals surface area (Å²) in [6.07, 6.45) is 1.30. The number of piperidine rings is 1. The number of hydrogen-bond acceptors (Lipinski definition) is 5. The molecule has 2 amide bonds. The molecule has 0 saturated carbocycles. The van der Waals surface area contributed by atoms with Crippen molar-refractivity contribution in [1.82, 2.24) is 15.2 Å². The number of rotatable bonds is 5. The van der Waals surface area contributed by atoms with Gasteiger partial charge in [-0.3, -0.25) is 14.5 Å². The van der Waals surface area contributed by atoms with E-state index >= 15 is 0 Å². The second kappa shape index (κ2) is 7.96. The molecule has 146 valence electrons. The van der Waals surface area contributed by atoms with E-state index in [1.54, 1.807) is 5.01 Å². The van der Waals surface area contributed by atoms with Gasteiger partial charge in [-0.25, -0.2) is 10.4 Å². The number of carbonyl (C=O) groups is 2. The number of amides is 2. The zero-order chi connectivity index (χ0) is 18.8. The van der Waals surface area contributed by atoms with Crippen molar-refractivity contribution < 1.29 is 14.3 Å². The minimum absolute atomic E-state index is 0.0596. The fraction of sp³-hybridized carbons (Fsp3) is 0.600. The average molecular weight is 372 g/mol. The van der Waals surface area contributed by atoms with Crippen molar-refractivity contribution in [2.24, 2.45) is 5.92 Å². The van der Waals surface area contributed by atoms with Gasteiger partial charge >= 0.3 is 0 Å². The monoisotopic (exact) mass is 372 g/mol. The van der Waals surface area contributed by atoms with Crippen LogP contribution in [0, 0.1) is 5.92 Å². The number of hydrazine groups is 1. The third-order valence-electron chi connectivity index (χ3n) is 5.95. The largest absolute Gasteiger partial charge is 0.379 e. The first kappa shape index (κ1) is 18.4. The fourth-order valence-corrected chi connectivity index (χ4v) is 4.47. The Bertz CT molecular complexity index is 677. The third-order valence-corrected chi connectivity index (χ3v) is 5.95. The Morgan fingerprint density at radius 3 is 2.59 bits per heavy atom. The molecule has 0 aliphatic carbocycles. The van der Waals surface area contributed by atoms with Crippen molar-refractivity contribution in [2.75, 3.05) is 44.4 Å². The van der Waals surface area contributed by atoms with Crippen molar-refractivity contribution in [2.45, 2.75) is 31.8 Å². The predicted octanol–water partition coefficient (Wildman–Crippen LogP) is 0.866. The van der Waals surface area contributed by atoms with Crippen LogP contribution >= 0.6 is 0 Å².